The third-order valence-corrected chi connectivity index (χ3v) is 4.12. The molecule has 0 bridgehead atoms. The second kappa shape index (κ2) is 4.75. The Morgan fingerprint density at radius 1 is 1.63 bits per heavy atom. The lowest BCUT2D eigenvalue weighted by Crippen LogP contribution is -2.43. The van der Waals surface area contributed by atoms with Crippen molar-refractivity contribution in [3.05, 3.63) is 33.7 Å². The maximum Gasteiger partial charge on any atom is 0.271 e. The molecular formula is C12H14N4O2S. The van der Waals surface area contributed by atoms with Crippen molar-refractivity contribution in [2.75, 3.05) is 6.54 Å². The van der Waals surface area contributed by atoms with Gasteiger partial charge in [0.1, 0.15) is 5.56 Å². The first-order valence-corrected chi connectivity index (χ1v) is 7.04. The second-order valence-electron chi connectivity index (χ2n) is 4.69. The predicted molar refractivity (Wildman–Crippen MR) is 72.4 cm³/mol. The number of amides is 1. The van der Waals surface area contributed by atoms with Crippen LogP contribution in [-0.2, 0) is 0 Å². The van der Waals surface area contributed by atoms with E-state index in [1.807, 2.05) is 0 Å². The van der Waals surface area contributed by atoms with Gasteiger partial charge in [0.15, 0.2) is 4.96 Å². The average Bonchev–Trinajstić information content (AvgIpc) is 3.13. The van der Waals surface area contributed by atoms with Gasteiger partial charge in [-0.25, -0.2) is 4.98 Å². The van der Waals surface area contributed by atoms with Gasteiger partial charge in [-0.2, -0.15) is 0 Å². The van der Waals surface area contributed by atoms with Crippen molar-refractivity contribution in [3.63, 3.8) is 0 Å². The molecule has 100 valence electrons. The number of rotatable bonds is 4. The van der Waals surface area contributed by atoms with Crippen LogP contribution in [0.5, 0.6) is 0 Å². The molecule has 1 amide bonds. The Morgan fingerprint density at radius 3 is 3.11 bits per heavy atom. The molecule has 1 unspecified atom stereocenters. The monoisotopic (exact) mass is 278 g/mol. The topological polar surface area (TPSA) is 89.5 Å². The Labute approximate surface area is 113 Å². The minimum Gasteiger partial charge on any atom is -0.348 e. The van der Waals surface area contributed by atoms with Gasteiger partial charge in [0.25, 0.3) is 11.5 Å². The maximum absolute atomic E-state index is 12.1. The molecule has 2 aromatic heterocycles. The van der Waals surface area contributed by atoms with Crippen molar-refractivity contribution >= 4 is 22.2 Å². The third-order valence-electron chi connectivity index (χ3n) is 3.35. The number of aromatic nitrogens is 2. The van der Waals surface area contributed by atoms with Crippen LogP contribution in [0, 0.1) is 5.92 Å². The fraction of sp³-hybridized carbons (Fsp3) is 0.417. The summed E-state index contributed by atoms with van der Waals surface area (Å²) in [5.74, 6) is 0.0648. The summed E-state index contributed by atoms with van der Waals surface area (Å²) in [4.78, 5) is 28.9. The van der Waals surface area contributed by atoms with Crippen LogP contribution in [0.25, 0.3) is 4.96 Å². The number of thiazole rings is 1. The van der Waals surface area contributed by atoms with Crippen LogP contribution >= 0.6 is 11.3 Å². The van der Waals surface area contributed by atoms with Crippen molar-refractivity contribution in [2.45, 2.75) is 18.9 Å². The van der Waals surface area contributed by atoms with Gasteiger partial charge < -0.3 is 11.1 Å². The first kappa shape index (κ1) is 12.3. The van der Waals surface area contributed by atoms with Crippen LogP contribution in [-0.4, -0.2) is 27.9 Å². The number of hydrogen-bond acceptors (Lipinski definition) is 5. The van der Waals surface area contributed by atoms with E-state index in [0.29, 0.717) is 17.4 Å². The average molecular weight is 278 g/mol. The van der Waals surface area contributed by atoms with Crippen LogP contribution in [0.3, 0.4) is 0 Å². The van der Waals surface area contributed by atoms with E-state index in [1.54, 1.807) is 11.6 Å². The van der Waals surface area contributed by atoms with Crippen LogP contribution < -0.4 is 16.6 Å². The van der Waals surface area contributed by atoms with Gasteiger partial charge in [-0.15, -0.1) is 11.3 Å². The van der Waals surface area contributed by atoms with Gasteiger partial charge in [-0.1, -0.05) is 0 Å². The summed E-state index contributed by atoms with van der Waals surface area (Å²) in [6.45, 7) is 0.395. The molecule has 0 spiro atoms. The van der Waals surface area contributed by atoms with E-state index >= 15 is 0 Å². The van der Waals surface area contributed by atoms with Crippen molar-refractivity contribution in [1.82, 2.24) is 14.7 Å². The number of nitrogens with one attached hydrogen (secondary N) is 1. The molecule has 2 heterocycles. The molecule has 3 N–H and O–H groups in total. The first-order valence-electron chi connectivity index (χ1n) is 6.16. The maximum atomic E-state index is 12.1. The summed E-state index contributed by atoms with van der Waals surface area (Å²) < 4.78 is 1.38. The molecule has 0 radical (unpaired) electrons. The normalized spacial score (nSPS) is 16.5. The van der Waals surface area contributed by atoms with Crippen LogP contribution in [0.4, 0.5) is 0 Å². The van der Waals surface area contributed by atoms with Gasteiger partial charge in [0.2, 0.25) is 0 Å². The minimum atomic E-state index is -0.388. The Balaban J connectivity index is 1.88. The van der Waals surface area contributed by atoms with Gasteiger partial charge in [-0.3, -0.25) is 14.0 Å². The zero-order valence-corrected chi connectivity index (χ0v) is 11.0. The molecule has 0 aromatic carbocycles. The van der Waals surface area contributed by atoms with Crippen molar-refractivity contribution in [2.24, 2.45) is 11.7 Å². The van der Waals surface area contributed by atoms with E-state index in [0.717, 1.165) is 12.8 Å². The van der Waals surface area contributed by atoms with E-state index in [2.05, 4.69) is 10.3 Å². The Morgan fingerprint density at radius 2 is 2.42 bits per heavy atom. The van der Waals surface area contributed by atoms with Crippen LogP contribution in [0.1, 0.15) is 23.2 Å². The molecule has 2 aromatic rings. The summed E-state index contributed by atoms with van der Waals surface area (Å²) in [6, 6.07) is -0.0462. The Hall–Kier alpha value is -1.73. The quantitative estimate of drug-likeness (QED) is 0.837. The molecule has 1 atom stereocenters. The molecule has 6 nitrogen and oxygen atoms in total. The second-order valence-corrected chi connectivity index (χ2v) is 5.56. The van der Waals surface area contributed by atoms with E-state index in [1.165, 1.54) is 21.9 Å². The zero-order valence-electron chi connectivity index (χ0n) is 10.2. The van der Waals surface area contributed by atoms with E-state index < -0.39 is 0 Å². The number of fused-ring (bicyclic) bond motifs is 1. The van der Waals surface area contributed by atoms with Crippen LogP contribution in [0.15, 0.2) is 22.6 Å². The summed E-state index contributed by atoms with van der Waals surface area (Å²) in [7, 11) is 0. The lowest BCUT2D eigenvalue weighted by atomic mass is 10.1. The molecule has 1 fully saturated rings. The summed E-state index contributed by atoms with van der Waals surface area (Å²) >= 11 is 1.36. The van der Waals surface area contributed by atoms with Gasteiger partial charge >= 0.3 is 0 Å². The molecule has 0 saturated heterocycles. The molecule has 3 rings (SSSR count). The molecule has 1 saturated carbocycles. The largest absolute Gasteiger partial charge is 0.348 e. The van der Waals surface area contributed by atoms with Crippen LogP contribution in [0.2, 0.25) is 0 Å². The van der Waals surface area contributed by atoms with E-state index in [4.69, 9.17) is 5.73 Å². The summed E-state index contributed by atoms with van der Waals surface area (Å²) in [6.07, 6.45) is 5.13. The fourth-order valence-corrected chi connectivity index (χ4v) is 2.77. The molecule has 19 heavy (non-hydrogen) atoms. The summed E-state index contributed by atoms with van der Waals surface area (Å²) in [5, 5.41) is 4.59. The Bertz CT molecular complexity index is 674. The lowest BCUT2D eigenvalue weighted by Gasteiger charge is -2.15. The van der Waals surface area contributed by atoms with Gasteiger partial charge in [0, 0.05) is 30.4 Å². The standard InChI is InChI=1S/C12H14N4O2S/c13-5-9(7-1-2-7)15-10(17)8-6-14-12-16(11(8)18)3-4-19-12/h3-4,6-7,9H,1-2,5,13H2,(H,15,17). The smallest absolute Gasteiger partial charge is 0.271 e. The summed E-state index contributed by atoms with van der Waals surface area (Å²) in [5.41, 5.74) is 5.37. The molecular weight excluding hydrogens is 264 g/mol. The van der Waals surface area contributed by atoms with Gasteiger partial charge in [0.05, 0.1) is 0 Å². The number of carbonyl (C=O) groups excluding carboxylic acids is 1. The zero-order chi connectivity index (χ0) is 13.4. The molecule has 1 aliphatic carbocycles. The number of nitrogens with zero attached hydrogens (tertiary/aromatic N) is 2. The highest BCUT2D eigenvalue weighted by Gasteiger charge is 2.31. The fourth-order valence-electron chi connectivity index (χ4n) is 2.09. The predicted octanol–water partition coefficient (Wildman–Crippen LogP) is 0.223. The first-order chi connectivity index (χ1) is 9.20. The number of carbonyl (C=O) groups is 1. The molecule has 0 aliphatic heterocycles. The third kappa shape index (κ3) is 2.26. The van der Waals surface area contributed by atoms with E-state index in [-0.39, 0.29) is 23.1 Å². The van der Waals surface area contributed by atoms with Crippen molar-refractivity contribution in [1.29, 1.82) is 0 Å². The minimum absolute atomic E-state index is 0.0462. The lowest BCUT2D eigenvalue weighted by molar-refractivity contribution is 0.0931. The number of nitrogens with two attached hydrogens (primary N) is 1. The molecule has 7 heteroatoms. The van der Waals surface area contributed by atoms with Crippen molar-refractivity contribution in [3.8, 4) is 0 Å². The molecule has 1 aliphatic rings. The van der Waals surface area contributed by atoms with Crippen molar-refractivity contribution < 1.29 is 4.79 Å². The SMILES string of the molecule is NCC(NC(=O)c1cnc2sccn2c1=O)C1CC1. The highest BCUT2D eigenvalue weighted by Crippen LogP contribution is 2.32. The van der Waals surface area contributed by atoms with Gasteiger partial charge in [-0.05, 0) is 18.8 Å². The van der Waals surface area contributed by atoms with E-state index in [9.17, 15) is 9.59 Å². The number of hydrogen-bond donors (Lipinski definition) is 2. The Kier molecular flexibility index (Phi) is 3.08. The highest BCUT2D eigenvalue weighted by atomic mass is 32.1. The highest BCUT2D eigenvalue weighted by molar-refractivity contribution is 7.15.